The minimum absolute atomic E-state index is 0.00426. The lowest BCUT2D eigenvalue weighted by atomic mass is 10.0. The Bertz CT molecular complexity index is 1060. The molecule has 2 aromatic carbocycles. The quantitative estimate of drug-likeness (QED) is 0.383. The van der Waals surface area contributed by atoms with Crippen LogP contribution >= 0.6 is 0 Å². The molecular formula is C24H25N3O3. The molecule has 0 atom stereocenters. The zero-order valence-electron chi connectivity index (χ0n) is 16.8. The summed E-state index contributed by atoms with van der Waals surface area (Å²) in [5.74, 6) is 0.866. The highest BCUT2D eigenvalue weighted by atomic mass is 16.5. The molecule has 30 heavy (non-hydrogen) atoms. The van der Waals surface area contributed by atoms with Gasteiger partial charge in [-0.1, -0.05) is 42.5 Å². The molecule has 0 unspecified atom stereocenters. The van der Waals surface area contributed by atoms with E-state index in [1.807, 2.05) is 36.4 Å². The molecule has 2 aromatic heterocycles. The number of H-pyrrole nitrogens is 1. The number of aromatic nitrogens is 3. The summed E-state index contributed by atoms with van der Waals surface area (Å²) in [7, 11) is 0. The van der Waals surface area contributed by atoms with Crippen molar-refractivity contribution in [1.29, 1.82) is 0 Å². The average Bonchev–Trinajstić information content (AvgIpc) is 3.18. The van der Waals surface area contributed by atoms with E-state index in [0.717, 1.165) is 30.6 Å². The number of rotatable bonds is 10. The van der Waals surface area contributed by atoms with Crippen molar-refractivity contribution in [3.8, 4) is 11.6 Å². The van der Waals surface area contributed by atoms with Crippen molar-refractivity contribution in [2.75, 3.05) is 13.2 Å². The summed E-state index contributed by atoms with van der Waals surface area (Å²) in [4.78, 5) is 4.19. The molecule has 0 amide bonds. The number of nitrogens with one attached hydrogen (secondary N) is 1. The maximum absolute atomic E-state index is 9.91. The van der Waals surface area contributed by atoms with Crippen LogP contribution in [0.2, 0.25) is 0 Å². The van der Waals surface area contributed by atoms with Gasteiger partial charge in [0.2, 0.25) is 5.88 Å². The second-order valence-corrected chi connectivity index (χ2v) is 7.13. The molecule has 0 aliphatic heterocycles. The Hall–Kier alpha value is -3.38. The molecule has 0 bridgehead atoms. The van der Waals surface area contributed by atoms with Crippen LogP contribution in [-0.4, -0.2) is 33.5 Å². The second kappa shape index (κ2) is 9.89. The maximum atomic E-state index is 9.91. The molecule has 0 saturated heterocycles. The number of aromatic amines is 1. The van der Waals surface area contributed by atoms with Crippen LogP contribution in [0.5, 0.6) is 11.6 Å². The van der Waals surface area contributed by atoms with Gasteiger partial charge in [0, 0.05) is 12.6 Å². The van der Waals surface area contributed by atoms with E-state index in [0.29, 0.717) is 30.9 Å². The van der Waals surface area contributed by atoms with Gasteiger partial charge in [0.15, 0.2) is 5.65 Å². The van der Waals surface area contributed by atoms with Crippen LogP contribution in [0.3, 0.4) is 0 Å². The molecule has 4 rings (SSSR count). The fraction of sp³-hybridized carbons (Fsp3) is 0.250. The highest BCUT2D eigenvalue weighted by Gasteiger charge is 2.10. The first-order chi connectivity index (χ1) is 14.8. The van der Waals surface area contributed by atoms with Gasteiger partial charge in [-0.3, -0.25) is 5.10 Å². The van der Waals surface area contributed by atoms with Crippen LogP contribution < -0.4 is 4.74 Å². The van der Waals surface area contributed by atoms with Crippen LogP contribution in [0.1, 0.15) is 23.1 Å². The molecule has 2 heterocycles. The topological polar surface area (TPSA) is 80.3 Å². The van der Waals surface area contributed by atoms with Gasteiger partial charge in [0.1, 0.15) is 5.75 Å². The monoisotopic (exact) mass is 403 g/mol. The summed E-state index contributed by atoms with van der Waals surface area (Å²) >= 11 is 0. The molecule has 0 fully saturated rings. The Morgan fingerprint density at radius 3 is 2.53 bits per heavy atom. The lowest BCUT2D eigenvalue weighted by molar-refractivity contribution is 0.107. The van der Waals surface area contributed by atoms with Crippen molar-refractivity contribution in [1.82, 2.24) is 15.2 Å². The molecule has 6 heteroatoms. The molecule has 0 saturated carbocycles. The van der Waals surface area contributed by atoms with Crippen molar-refractivity contribution in [3.63, 3.8) is 0 Å². The summed E-state index contributed by atoms with van der Waals surface area (Å²) in [6.45, 7) is 1.94. The van der Waals surface area contributed by atoms with Crippen molar-refractivity contribution in [2.24, 2.45) is 0 Å². The zero-order chi connectivity index (χ0) is 20.6. The molecule has 2 N–H and O–H groups in total. The minimum atomic E-state index is 0.00426. The number of ether oxygens (including phenoxy) is 2. The molecule has 0 aliphatic carbocycles. The smallest absolute Gasteiger partial charge is 0.240 e. The number of hydrogen-bond donors (Lipinski definition) is 2. The van der Waals surface area contributed by atoms with Gasteiger partial charge in [-0.2, -0.15) is 0 Å². The van der Waals surface area contributed by atoms with Crippen LogP contribution in [0.25, 0.3) is 11.0 Å². The van der Waals surface area contributed by atoms with E-state index >= 15 is 0 Å². The van der Waals surface area contributed by atoms with Crippen LogP contribution in [0, 0.1) is 0 Å². The van der Waals surface area contributed by atoms with Crippen molar-refractivity contribution in [2.45, 2.75) is 25.9 Å². The number of aryl methyl sites for hydroxylation is 2. The number of hydrogen-bond acceptors (Lipinski definition) is 5. The predicted octanol–water partition coefficient (Wildman–Crippen LogP) is 4.43. The number of pyridine rings is 1. The van der Waals surface area contributed by atoms with Gasteiger partial charge < -0.3 is 14.6 Å². The van der Waals surface area contributed by atoms with E-state index in [1.54, 1.807) is 6.20 Å². The van der Waals surface area contributed by atoms with E-state index in [-0.39, 0.29) is 5.88 Å². The number of fused-ring (bicyclic) bond motifs is 1. The van der Waals surface area contributed by atoms with E-state index in [1.165, 1.54) is 11.1 Å². The first-order valence-corrected chi connectivity index (χ1v) is 10.1. The minimum Gasteiger partial charge on any atom is -0.494 e. The normalized spacial score (nSPS) is 11.1. The van der Waals surface area contributed by atoms with Gasteiger partial charge in [-0.15, -0.1) is 5.10 Å². The van der Waals surface area contributed by atoms with Crippen LogP contribution in [-0.2, 0) is 24.2 Å². The Balaban J connectivity index is 1.19. The molecule has 154 valence electrons. The third-order valence-corrected chi connectivity index (χ3v) is 4.95. The van der Waals surface area contributed by atoms with Crippen LogP contribution in [0.15, 0.2) is 66.9 Å². The van der Waals surface area contributed by atoms with Crippen molar-refractivity contribution < 1.29 is 14.6 Å². The summed E-state index contributed by atoms with van der Waals surface area (Å²) in [6, 6.07) is 20.2. The Morgan fingerprint density at radius 2 is 1.70 bits per heavy atom. The highest BCUT2D eigenvalue weighted by Crippen LogP contribution is 2.25. The fourth-order valence-electron chi connectivity index (χ4n) is 3.35. The summed E-state index contributed by atoms with van der Waals surface area (Å²) in [6.07, 6.45) is 4.24. The van der Waals surface area contributed by atoms with Crippen molar-refractivity contribution in [3.05, 3.63) is 83.6 Å². The number of aromatic hydroxyl groups is 1. The maximum Gasteiger partial charge on any atom is 0.240 e. The molecule has 0 aliphatic rings. The number of benzene rings is 2. The van der Waals surface area contributed by atoms with Gasteiger partial charge in [0.25, 0.3) is 0 Å². The standard InChI is InChI=1S/C24H25N3O3/c28-24-22-20(13-14-25-23(22)26-27-24)10-7-18-8-11-21(12-9-18)30-16-4-15-29-17-19-5-2-1-3-6-19/h1-3,5-6,8-9,11-14H,4,7,10,15-17H2,(H2,25,26,27,28). The average molecular weight is 403 g/mol. The first-order valence-electron chi connectivity index (χ1n) is 10.1. The summed E-state index contributed by atoms with van der Waals surface area (Å²) < 4.78 is 11.5. The molecular weight excluding hydrogens is 378 g/mol. The van der Waals surface area contributed by atoms with E-state index in [9.17, 15) is 5.11 Å². The van der Waals surface area contributed by atoms with Gasteiger partial charge in [-0.05, 0) is 47.7 Å². The molecule has 6 nitrogen and oxygen atoms in total. The van der Waals surface area contributed by atoms with Gasteiger partial charge in [0.05, 0.1) is 25.2 Å². The van der Waals surface area contributed by atoms with Crippen molar-refractivity contribution >= 4 is 11.0 Å². The Morgan fingerprint density at radius 1 is 0.867 bits per heavy atom. The Labute approximate surface area is 175 Å². The fourth-order valence-corrected chi connectivity index (χ4v) is 3.35. The summed E-state index contributed by atoms with van der Waals surface area (Å²) in [5.41, 5.74) is 4.04. The second-order valence-electron chi connectivity index (χ2n) is 7.13. The molecule has 4 aromatic rings. The highest BCUT2D eigenvalue weighted by molar-refractivity contribution is 5.83. The van der Waals surface area contributed by atoms with Crippen LogP contribution in [0.4, 0.5) is 0 Å². The SMILES string of the molecule is Oc1n[nH]c2nccc(CCc3ccc(OCCCOCc4ccccc4)cc3)c12. The lowest BCUT2D eigenvalue weighted by Gasteiger charge is -2.08. The zero-order valence-corrected chi connectivity index (χ0v) is 16.8. The lowest BCUT2D eigenvalue weighted by Crippen LogP contribution is -2.03. The van der Waals surface area contributed by atoms with E-state index < -0.39 is 0 Å². The third kappa shape index (κ3) is 5.15. The van der Waals surface area contributed by atoms with Gasteiger partial charge >= 0.3 is 0 Å². The largest absolute Gasteiger partial charge is 0.494 e. The predicted molar refractivity (Wildman–Crippen MR) is 116 cm³/mol. The first kappa shape index (κ1) is 19.9. The summed E-state index contributed by atoms with van der Waals surface area (Å²) in [5, 5.41) is 17.2. The molecule has 0 spiro atoms. The van der Waals surface area contributed by atoms with E-state index in [2.05, 4.69) is 39.4 Å². The Kier molecular flexibility index (Phi) is 6.57. The number of nitrogens with zero attached hydrogens (tertiary/aromatic N) is 2. The van der Waals surface area contributed by atoms with E-state index in [4.69, 9.17) is 9.47 Å². The third-order valence-electron chi connectivity index (χ3n) is 4.95. The van der Waals surface area contributed by atoms with Gasteiger partial charge in [-0.25, -0.2) is 4.98 Å². The molecule has 0 radical (unpaired) electrons.